The molecule has 1 aromatic carbocycles. The van der Waals surface area contributed by atoms with E-state index < -0.39 is 0 Å². The summed E-state index contributed by atoms with van der Waals surface area (Å²) in [5.74, 6) is 0.853. The maximum Gasteiger partial charge on any atom is 0.142 e. The van der Waals surface area contributed by atoms with Gasteiger partial charge in [-0.05, 0) is 37.3 Å². The summed E-state index contributed by atoms with van der Waals surface area (Å²) in [4.78, 5) is 10.8. The molecule has 0 unspecified atom stereocenters. The monoisotopic (exact) mass is 319 g/mol. The van der Waals surface area contributed by atoms with Crippen LogP contribution in [0.1, 0.15) is 4.88 Å². The lowest BCUT2D eigenvalue weighted by molar-refractivity contribution is 1.23. The van der Waals surface area contributed by atoms with E-state index in [-0.39, 0.29) is 0 Å². The van der Waals surface area contributed by atoms with Gasteiger partial charge in [-0.3, -0.25) is 0 Å². The molecule has 0 spiro atoms. The Hall–Kier alpha value is -1.46. The van der Waals surface area contributed by atoms with Crippen molar-refractivity contribution in [2.45, 2.75) is 6.92 Å². The van der Waals surface area contributed by atoms with Gasteiger partial charge in [0.05, 0.1) is 5.39 Å². The topological polar surface area (TPSA) is 37.8 Å². The molecule has 1 N–H and O–H groups in total. The van der Waals surface area contributed by atoms with Gasteiger partial charge in [-0.25, -0.2) is 9.97 Å². The Morgan fingerprint density at radius 1 is 1.17 bits per heavy atom. The van der Waals surface area contributed by atoms with E-state index in [1.165, 1.54) is 4.88 Å². The molecule has 0 saturated heterocycles. The zero-order valence-electron chi connectivity index (χ0n) is 9.64. The predicted octanol–water partition coefficient (Wildman–Crippen LogP) is 4.51. The lowest BCUT2D eigenvalue weighted by atomic mass is 10.3. The van der Waals surface area contributed by atoms with E-state index in [1.807, 2.05) is 24.3 Å². The molecule has 0 radical (unpaired) electrons. The summed E-state index contributed by atoms with van der Waals surface area (Å²) in [5.41, 5.74) is 1.02. The molecule has 18 heavy (non-hydrogen) atoms. The normalized spacial score (nSPS) is 10.8. The molecule has 2 aromatic heterocycles. The van der Waals surface area contributed by atoms with Gasteiger partial charge in [0, 0.05) is 15.0 Å². The van der Waals surface area contributed by atoms with Crippen molar-refractivity contribution in [2.24, 2.45) is 0 Å². The Balaban J connectivity index is 2.01. The molecule has 0 aliphatic heterocycles. The number of halogens is 1. The number of hydrogen-bond acceptors (Lipinski definition) is 4. The number of hydrogen-bond donors (Lipinski definition) is 1. The third kappa shape index (κ3) is 2.23. The first kappa shape index (κ1) is 11.6. The van der Waals surface area contributed by atoms with E-state index in [1.54, 1.807) is 17.7 Å². The van der Waals surface area contributed by atoms with Gasteiger partial charge in [-0.15, -0.1) is 11.3 Å². The molecule has 0 atom stereocenters. The summed E-state index contributed by atoms with van der Waals surface area (Å²) < 4.78 is 1.06. The Labute approximate surface area is 117 Å². The van der Waals surface area contributed by atoms with Crippen LogP contribution in [0.5, 0.6) is 0 Å². The summed E-state index contributed by atoms with van der Waals surface area (Å²) in [7, 11) is 0. The zero-order chi connectivity index (χ0) is 12.5. The maximum atomic E-state index is 4.31. The predicted molar refractivity (Wildman–Crippen MR) is 79.6 cm³/mol. The number of nitrogens with one attached hydrogen (secondary N) is 1. The van der Waals surface area contributed by atoms with Crippen molar-refractivity contribution in [3.8, 4) is 0 Å². The van der Waals surface area contributed by atoms with Crippen molar-refractivity contribution in [3.05, 3.63) is 46.0 Å². The molecule has 3 nitrogen and oxygen atoms in total. The number of anilines is 2. The van der Waals surface area contributed by atoms with Crippen molar-refractivity contribution in [1.82, 2.24) is 9.97 Å². The van der Waals surface area contributed by atoms with Crippen LogP contribution in [0.15, 0.2) is 41.1 Å². The summed E-state index contributed by atoms with van der Waals surface area (Å²) in [6.45, 7) is 2.08. The Morgan fingerprint density at radius 3 is 2.72 bits per heavy atom. The summed E-state index contributed by atoms with van der Waals surface area (Å²) in [5, 5.41) is 4.39. The SMILES string of the molecule is Cc1cc2c(Nc3ccc(Br)cc3)ncnc2s1. The molecule has 0 bridgehead atoms. The summed E-state index contributed by atoms with van der Waals surface area (Å²) >= 11 is 5.10. The number of fused-ring (bicyclic) bond motifs is 1. The number of benzene rings is 1. The second-order valence-corrected chi connectivity index (χ2v) is 6.08. The highest BCUT2D eigenvalue weighted by atomic mass is 79.9. The molecular formula is C13H10BrN3S. The van der Waals surface area contributed by atoms with Gasteiger partial charge in [0.15, 0.2) is 0 Å². The summed E-state index contributed by atoms with van der Waals surface area (Å²) in [6, 6.07) is 10.1. The van der Waals surface area contributed by atoms with Crippen molar-refractivity contribution >= 4 is 49.0 Å². The molecule has 90 valence electrons. The van der Waals surface area contributed by atoms with Gasteiger partial charge >= 0.3 is 0 Å². The van der Waals surface area contributed by atoms with E-state index in [2.05, 4.69) is 44.2 Å². The lowest BCUT2D eigenvalue weighted by Crippen LogP contribution is -1.94. The minimum absolute atomic E-state index is 0.853. The first-order valence-corrected chi connectivity index (χ1v) is 7.07. The van der Waals surface area contributed by atoms with E-state index in [0.717, 1.165) is 26.2 Å². The average Bonchev–Trinajstić information content (AvgIpc) is 2.73. The second-order valence-electron chi connectivity index (χ2n) is 3.93. The fraction of sp³-hybridized carbons (Fsp3) is 0.0769. The van der Waals surface area contributed by atoms with Crippen LogP contribution in [0.3, 0.4) is 0 Å². The zero-order valence-corrected chi connectivity index (χ0v) is 12.0. The van der Waals surface area contributed by atoms with Gasteiger partial charge in [0.25, 0.3) is 0 Å². The van der Waals surface area contributed by atoms with Crippen LogP contribution in [0.4, 0.5) is 11.5 Å². The molecule has 5 heteroatoms. The van der Waals surface area contributed by atoms with Crippen LogP contribution in [0, 0.1) is 6.92 Å². The van der Waals surface area contributed by atoms with Gasteiger partial charge in [0.1, 0.15) is 17.0 Å². The molecular weight excluding hydrogens is 310 g/mol. The second kappa shape index (κ2) is 4.66. The van der Waals surface area contributed by atoms with E-state index >= 15 is 0 Å². The molecule has 0 aliphatic rings. The van der Waals surface area contributed by atoms with Gasteiger partial charge in [-0.1, -0.05) is 15.9 Å². The van der Waals surface area contributed by atoms with Crippen LogP contribution in [0.25, 0.3) is 10.2 Å². The fourth-order valence-electron chi connectivity index (χ4n) is 1.75. The maximum absolute atomic E-state index is 4.31. The summed E-state index contributed by atoms with van der Waals surface area (Å²) in [6.07, 6.45) is 1.60. The van der Waals surface area contributed by atoms with Crippen molar-refractivity contribution in [2.75, 3.05) is 5.32 Å². The minimum atomic E-state index is 0.853. The minimum Gasteiger partial charge on any atom is -0.340 e. The first-order valence-electron chi connectivity index (χ1n) is 5.46. The first-order chi connectivity index (χ1) is 8.72. The largest absolute Gasteiger partial charge is 0.340 e. The van der Waals surface area contributed by atoms with Crippen LogP contribution in [0.2, 0.25) is 0 Å². The highest BCUT2D eigenvalue weighted by molar-refractivity contribution is 9.10. The number of nitrogens with zero attached hydrogens (tertiary/aromatic N) is 2. The Kier molecular flexibility index (Phi) is 3.01. The van der Waals surface area contributed by atoms with Crippen LogP contribution >= 0.6 is 27.3 Å². The third-order valence-electron chi connectivity index (χ3n) is 2.56. The molecule has 3 rings (SSSR count). The highest BCUT2D eigenvalue weighted by Crippen LogP contribution is 2.29. The van der Waals surface area contributed by atoms with E-state index in [0.29, 0.717) is 0 Å². The molecule has 0 fully saturated rings. The molecule has 3 aromatic rings. The number of aryl methyl sites for hydroxylation is 1. The van der Waals surface area contributed by atoms with Gasteiger partial charge in [-0.2, -0.15) is 0 Å². The van der Waals surface area contributed by atoms with Crippen molar-refractivity contribution < 1.29 is 0 Å². The molecule has 0 saturated carbocycles. The number of aromatic nitrogens is 2. The standard InChI is InChI=1S/C13H10BrN3S/c1-8-6-11-12(15-7-16-13(11)18-8)17-10-4-2-9(14)3-5-10/h2-7H,1H3,(H,15,16,17). The van der Waals surface area contributed by atoms with Crippen LogP contribution in [-0.2, 0) is 0 Å². The Bertz CT molecular complexity index is 691. The van der Waals surface area contributed by atoms with E-state index in [9.17, 15) is 0 Å². The average molecular weight is 320 g/mol. The van der Waals surface area contributed by atoms with Gasteiger partial charge in [0.2, 0.25) is 0 Å². The molecule has 0 amide bonds. The van der Waals surface area contributed by atoms with Crippen molar-refractivity contribution in [3.63, 3.8) is 0 Å². The number of rotatable bonds is 2. The van der Waals surface area contributed by atoms with Crippen molar-refractivity contribution in [1.29, 1.82) is 0 Å². The lowest BCUT2D eigenvalue weighted by Gasteiger charge is -2.06. The highest BCUT2D eigenvalue weighted by Gasteiger charge is 2.06. The number of thiophene rings is 1. The third-order valence-corrected chi connectivity index (χ3v) is 4.05. The van der Waals surface area contributed by atoms with Gasteiger partial charge < -0.3 is 5.32 Å². The van der Waals surface area contributed by atoms with Crippen LogP contribution < -0.4 is 5.32 Å². The molecule has 0 aliphatic carbocycles. The fourth-order valence-corrected chi connectivity index (χ4v) is 2.86. The quantitative estimate of drug-likeness (QED) is 0.755. The smallest absolute Gasteiger partial charge is 0.142 e. The molecule has 2 heterocycles. The Morgan fingerprint density at radius 2 is 1.94 bits per heavy atom. The van der Waals surface area contributed by atoms with Crippen LogP contribution in [-0.4, -0.2) is 9.97 Å². The van der Waals surface area contributed by atoms with E-state index in [4.69, 9.17) is 0 Å².